The molecule has 0 bridgehead atoms. The molecular weight excluding hydrogens is 260 g/mol. The zero-order valence-electron chi connectivity index (χ0n) is 12.9. The van der Waals surface area contributed by atoms with Crippen LogP contribution in [0.2, 0.25) is 0 Å². The smallest absolute Gasteiger partial charge is 0.122 e. The summed E-state index contributed by atoms with van der Waals surface area (Å²) < 4.78 is 10.8. The first-order chi connectivity index (χ1) is 10.3. The fourth-order valence-corrected chi connectivity index (χ4v) is 2.72. The van der Waals surface area contributed by atoms with Crippen LogP contribution in [0.4, 0.5) is 0 Å². The molecule has 21 heavy (non-hydrogen) atoms. The SMILES string of the molecule is COCC(CCCc1ccccc1OC)c1ccccc1. The number of methoxy groups -OCH3 is 2. The second-order valence-corrected chi connectivity index (χ2v) is 5.27. The maximum Gasteiger partial charge on any atom is 0.122 e. The van der Waals surface area contributed by atoms with Crippen molar-refractivity contribution in [2.45, 2.75) is 25.2 Å². The molecule has 0 saturated carbocycles. The predicted octanol–water partition coefficient (Wildman–Crippen LogP) is 4.45. The number of para-hydroxylation sites is 1. The highest BCUT2D eigenvalue weighted by molar-refractivity contribution is 5.33. The Morgan fingerprint density at radius 1 is 0.905 bits per heavy atom. The molecule has 0 aliphatic carbocycles. The van der Waals surface area contributed by atoms with Gasteiger partial charge in [0.25, 0.3) is 0 Å². The lowest BCUT2D eigenvalue weighted by Gasteiger charge is -2.17. The summed E-state index contributed by atoms with van der Waals surface area (Å²) in [4.78, 5) is 0. The molecule has 2 rings (SSSR count). The molecule has 0 aliphatic heterocycles. The van der Waals surface area contributed by atoms with E-state index in [1.165, 1.54) is 11.1 Å². The summed E-state index contributed by atoms with van der Waals surface area (Å²) >= 11 is 0. The molecule has 2 nitrogen and oxygen atoms in total. The maximum absolute atomic E-state index is 5.41. The van der Waals surface area contributed by atoms with E-state index in [1.807, 2.05) is 12.1 Å². The van der Waals surface area contributed by atoms with Crippen LogP contribution >= 0.6 is 0 Å². The number of aryl methyl sites for hydroxylation is 1. The Morgan fingerprint density at radius 3 is 2.33 bits per heavy atom. The second kappa shape index (κ2) is 8.48. The van der Waals surface area contributed by atoms with E-state index in [9.17, 15) is 0 Å². The van der Waals surface area contributed by atoms with E-state index in [-0.39, 0.29) is 0 Å². The first-order valence-electron chi connectivity index (χ1n) is 7.51. The quantitative estimate of drug-likeness (QED) is 0.713. The first-order valence-corrected chi connectivity index (χ1v) is 7.51. The lowest BCUT2D eigenvalue weighted by molar-refractivity contribution is 0.175. The van der Waals surface area contributed by atoms with Gasteiger partial charge in [-0.3, -0.25) is 0 Å². The number of benzene rings is 2. The summed E-state index contributed by atoms with van der Waals surface area (Å²) in [6.07, 6.45) is 3.29. The van der Waals surface area contributed by atoms with Crippen LogP contribution < -0.4 is 4.74 Å². The van der Waals surface area contributed by atoms with Gasteiger partial charge in [-0.2, -0.15) is 0 Å². The Balaban J connectivity index is 1.93. The third kappa shape index (κ3) is 4.61. The summed E-state index contributed by atoms with van der Waals surface area (Å²) in [6, 6.07) is 18.9. The minimum Gasteiger partial charge on any atom is -0.496 e. The Bertz CT molecular complexity index is 522. The van der Waals surface area contributed by atoms with E-state index < -0.39 is 0 Å². The Kier molecular flexibility index (Phi) is 6.29. The fourth-order valence-electron chi connectivity index (χ4n) is 2.72. The van der Waals surface area contributed by atoms with Gasteiger partial charge in [0, 0.05) is 13.0 Å². The minimum atomic E-state index is 0.464. The van der Waals surface area contributed by atoms with E-state index in [0.29, 0.717) is 5.92 Å². The number of hydrogen-bond acceptors (Lipinski definition) is 2. The Hall–Kier alpha value is -1.80. The monoisotopic (exact) mass is 284 g/mol. The maximum atomic E-state index is 5.41. The van der Waals surface area contributed by atoms with Crippen molar-refractivity contribution >= 4 is 0 Å². The van der Waals surface area contributed by atoms with E-state index in [1.54, 1.807) is 14.2 Å². The molecule has 0 saturated heterocycles. The van der Waals surface area contributed by atoms with Crippen molar-refractivity contribution < 1.29 is 9.47 Å². The van der Waals surface area contributed by atoms with Gasteiger partial charge in [0.15, 0.2) is 0 Å². The number of rotatable bonds is 8. The molecular formula is C19H24O2. The minimum absolute atomic E-state index is 0.464. The van der Waals surface area contributed by atoms with Gasteiger partial charge in [0.1, 0.15) is 5.75 Å². The fraction of sp³-hybridized carbons (Fsp3) is 0.368. The van der Waals surface area contributed by atoms with Crippen molar-refractivity contribution in [3.63, 3.8) is 0 Å². The molecule has 0 radical (unpaired) electrons. The third-order valence-electron chi connectivity index (χ3n) is 3.83. The van der Waals surface area contributed by atoms with E-state index >= 15 is 0 Å². The van der Waals surface area contributed by atoms with Crippen molar-refractivity contribution in [1.29, 1.82) is 0 Å². The van der Waals surface area contributed by atoms with Gasteiger partial charge in [0.2, 0.25) is 0 Å². The zero-order chi connectivity index (χ0) is 14.9. The summed E-state index contributed by atoms with van der Waals surface area (Å²) in [7, 11) is 3.51. The van der Waals surface area contributed by atoms with E-state index in [2.05, 4.69) is 42.5 Å². The van der Waals surface area contributed by atoms with Crippen LogP contribution in [0.3, 0.4) is 0 Å². The van der Waals surface area contributed by atoms with Crippen molar-refractivity contribution in [2.75, 3.05) is 20.8 Å². The Morgan fingerprint density at radius 2 is 1.62 bits per heavy atom. The molecule has 0 aliphatic rings. The second-order valence-electron chi connectivity index (χ2n) is 5.27. The molecule has 0 spiro atoms. The van der Waals surface area contributed by atoms with E-state index in [0.717, 1.165) is 31.6 Å². The highest BCUT2D eigenvalue weighted by Crippen LogP contribution is 2.25. The summed E-state index contributed by atoms with van der Waals surface area (Å²) in [5.74, 6) is 1.45. The average Bonchev–Trinajstić information content (AvgIpc) is 2.55. The molecule has 2 heteroatoms. The largest absolute Gasteiger partial charge is 0.496 e. The van der Waals surface area contributed by atoms with Gasteiger partial charge in [-0.1, -0.05) is 48.5 Å². The normalized spacial score (nSPS) is 12.1. The van der Waals surface area contributed by atoms with Gasteiger partial charge in [-0.15, -0.1) is 0 Å². The standard InChI is InChI=1S/C19H24O2/c1-20-15-18(16-9-4-3-5-10-16)13-8-12-17-11-6-7-14-19(17)21-2/h3-7,9-11,14,18H,8,12-13,15H2,1-2H3. The van der Waals surface area contributed by atoms with Crippen molar-refractivity contribution in [3.05, 3.63) is 65.7 Å². The van der Waals surface area contributed by atoms with E-state index in [4.69, 9.17) is 9.47 Å². The van der Waals surface area contributed by atoms with Crippen LogP contribution in [-0.2, 0) is 11.2 Å². The highest BCUT2D eigenvalue weighted by atomic mass is 16.5. The van der Waals surface area contributed by atoms with Crippen LogP contribution in [-0.4, -0.2) is 20.8 Å². The topological polar surface area (TPSA) is 18.5 Å². The van der Waals surface area contributed by atoms with Crippen LogP contribution in [0.1, 0.15) is 29.9 Å². The number of hydrogen-bond donors (Lipinski definition) is 0. The number of ether oxygens (including phenoxy) is 2. The molecule has 1 unspecified atom stereocenters. The van der Waals surface area contributed by atoms with Crippen molar-refractivity contribution in [2.24, 2.45) is 0 Å². The lowest BCUT2D eigenvalue weighted by Crippen LogP contribution is -2.07. The van der Waals surface area contributed by atoms with Crippen molar-refractivity contribution in [1.82, 2.24) is 0 Å². The van der Waals surface area contributed by atoms with Crippen molar-refractivity contribution in [3.8, 4) is 5.75 Å². The molecule has 112 valence electrons. The van der Waals surface area contributed by atoms with Gasteiger partial charge >= 0.3 is 0 Å². The molecule has 0 heterocycles. The van der Waals surface area contributed by atoms with Gasteiger partial charge in [-0.05, 0) is 36.5 Å². The molecule has 0 aromatic heterocycles. The molecule has 0 amide bonds. The van der Waals surface area contributed by atoms with Crippen LogP contribution in [0.15, 0.2) is 54.6 Å². The first kappa shape index (κ1) is 15.6. The highest BCUT2D eigenvalue weighted by Gasteiger charge is 2.11. The predicted molar refractivity (Wildman–Crippen MR) is 87.0 cm³/mol. The Labute approximate surface area is 127 Å². The summed E-state index contributed by atoms with van der Waals surface area (Å²) in [6.45, 7) is 0.774. The molecule has 0 N–H and O–H groups in total. The summed E-state index contributed by atoms with van der Waals surface area (Å²) in [5, 5.41) is 0. The van der Waals surface area contributed by atoms with Crippen LogP contribution in [0.25, 0.3) is 0 Å². The van der Waals surface area contributed by atoms with Crippen LogP contribution in [0.5, 0.6) is 5.75 Å². The molecule has 2 aromatic rings. The molecule has 1 atom stereocenters. The molecule has 0 fully saturated rings. The van der Waals surface area contributed by atoms with Crippen LogP contribution in [0, 0.1) is 0 Å². The average molecular weight is 284 g/mol. The molecule has 2 aromatic carbocycles. The lowest BCUT2D eigenvalue weighted by atomic mass is 9.93. The zero-order valence-corrected chi connectivity index (χ0v) is 12.9. The van der Waals surface area contributed by atoms with Gasteiger partial charge in [-0.25, -0.2) is 0 Å². The third-order valence-corrected chi connectivity index (χ3v) is 3.83. The summed E-state index contributed by atoms with van der Waals surface area (Å²) in [5.41, 5.74) is 2.64. The van der Waals surface area contributed by atoms with Gasteiger partial charge in [0.05, 0.1) is 13.7 Å². The van der Waals surface area contributed by atoms with Gasteiger partial charge < -0.3 is 9.47 Å².